The summed E-state index contributed by atoms with van der Waals surface area (Å²) < 4.78 is 4.72. The van der Waals surface area contributed by atoms with Gasteiger partial charge in [-0.25, -0.2) is 15.0 Å². The Morgan fingerprint density at radius 3 is 2.06 bits per heavy atom. The van der Waals surface area contributed by atoms with Crippen LogP contribution in [0.5, 0.6) is 0 Å². The van der Waals surface area contributed by atoms with Gasteiger partial charge in [-0.05, 0) is 64.9 Å². The zero-order valence-electron chi connectivity index (χ0n) is 25.6. The standard InChI is InChI=1S/C40H24BN7/c1-3-11-26(12-4-1)46-31-18-8-7-16-29(31)41-30-17-9-15-28-34-36-39(45-22-21-42-36)47(27-13-5-2-6-14-27)40(34)48(37(28)30)33-24-25(23-32(46)35(33)41)38-43-19-10-20-44-38/h1-24H. The van der Waals surface area contributed by atoms with Gasteiger partial charge in [0.15, 0.2) is 11.5 Å². The van der Waals surface area contributed by atoms with Gasteiger partial charge in [-0.1, -0.05) is 72.8 Å². The number of anilines is 3. The molecule has 6 heterocycles. The van der Waals surface area contributed by atoms with Gasteiger partial charge in [0.2, 0.25) is 0 Å². The van der Waals surface area contributed by atoms with Crippen LogP contribution in [0.1, 0.15) is 0 Å². The topological polar surface area (TPSA) is 64.7 Å². The monoisotopic (exact) mass is 613 g/mol. The first-order valence-electron chi connectivity index (χ1n) is 16.1. The van der Waals surface area contributed by atoms with Crippen LogP contribution in [-0.4, -0.2) is 35.8 Å². The Bertz CT molecular complexity index is 2740. The van der Waals surface area contributed by atoms with E-state index in [4.69, 9.17) is 19.9 Å². The number of benzene rings is 5. The molecule has 0 amide bonds. The van der Waals surface area contributed by atoms with Crippen LogP contribution in [0.25, 0.3) is 55.9 Å². The lowest BCUT2D eigenvalue weighted by Gasteiger charge is -2.40. The van der Waals surface area contributed by atoms with Crippen molar-refractivity contribution in [3.63, 3.8) is 0 Å². The molecule has 2 aliphatic rings. The number of hydrogen-bond acceptors (Lipinski definition) is 5. The minimum absolute atomic E-state index is 0.0228. The molecule has 0 saturated heterocycles. The van der Waals surface area contributed by atoms with E-state index < -0.39 is 0 Å². The Morgan fingerprint density at radius 1 is 0.521 bits per heavy atom. The fourth-order valence-electron chi connectivity index (χ4n) is 8.12. The van der Waals surface area contributed by atoms with Crippen molar-refractivity contribution < 1.29 is 0 Å². The summed E-state index contributed by atoms with van der Waals surface area (Å²) in [7, 11) is 0. The number of aromatic nitrogens is 6. The minimum Gasteiger partial charge on any atom is -0.311 e. The number of nitrogens with zero attached hydrogens (tertiary/aromatic N) is 7. The minimum atomic E-state index is 0.0228. The van der Waals surface area contributed by atoms with Gasteiger partial charge in [-0.3, -0.25) is 14.1 Å². The second-order valence-corrected chi connectivity index (χ2v) is 12.3. The van der Waals surface area contributed by atoms with E-state index in [0.717, 1.165) is 50.5 Å². The van der Waals surface area contributed by atoms with Crippen molar-refractivity contribution in [2.75, 3.05) is 4.90 Å². The number of rotatable bonds is 3. The van der Waals surface area contributed by atoms with Crippen LogP contribution >= 0.6 is 0 Å². The van der Waals surface area contributed by atoms with Crippen molar-refractivity contribution in [2.24, 2.45) is 0 Å². The predicted molar refractivity (Wildman–Crippen MR) is 194 cm³/mol. The van der Waals surface area contributed by atoms with Crippen molar-refractivity contribution in [1.82, 2.24) is 29.1 Å². The maximum Gasteiger partial charge on any atom is 0.252 e. The molecule has 0 saturated carbocycles. The van der Waals surface area contributed by atoms with Gasteiger partial charge in [0.25, 0.3) is 6.71 Å². The average Bonchev–Trinajstić information content (AvgIpc) is 3.68. The van der Waals surface area contributed by atoms with Crippen molar-refractivity contribution in [2.45, 2.75) is 0 Å². The summed E-state index contributed by atoms with van der Waals surface area (Å²) >= 11 is 0. The van der Waals surface area contributed by atoms with Crippen LogP contribution in [0.15, 0.2) is 146 Å². The molecule has 0 atom stereocenters. The highest BCUT2D eigenvalue weighted by Gasteiger charge is 2.43. The summed E-state index contributed by atoms with van der Waals surface area (Å²) in [4.78, 5) is 21.7. The zero-order valence-corrected chi connectivity index (χ0v) is 25.6. The van der Waals surface area contributed by atoms with Gasteiger partial charge in [-0.15, -0.1) is 0 Å². The third-order valence-electron chi connectivity index (χ3n) is 9.89. The maximum absolute atomic E-state index is 4.96. The van der Waals surface area contributed by atoms with E-state index in [1.54, 1.807) is 12.4 Å². The van der Waals surface area contributed by atoms with Crippen molar-refractivity contribution >= 4 is 73.3 Å². The zero-order chi connectivity index (χ0) is 31.3. The molecule has 0 unspecified atom stereocenters. The molecule has 11 rings (SSSR count). The molecule has 48 heavy (non-hydrogen) atoms. The Hall–Kier alpha value is -6.54. The summed E-state index contributed by atoms with van der Waals surface area (Å²) in [6, 6.07) is 43.1. The lowest BCUT2D eigenvalue weighted by molar-refractivity contribution is 1.05. The van der Waals surface area contributed by atoms with Gasteiger partial charge in [0.05, 0.1) is 10.9 Å². The Morgan fingerprint density at radius 2 is 1.23 bits per heavy atom. The quantitative estimate of drug-likeness (QED) is 0.211. The molecule has 0 radical (unpaired) electrons. The molecule has 5 aromatic carbocycles. The third kappa shape index (κ3) is 3.28. The molecule has 9 aromatic rings. The van der Waals surface area contributed by atoms with Gasteiger partial charge < -0.3 is 4.90 Å². The molecule has 7 nitrogen and oxygen atoms in total. The first-order chi connectivity index (χ1) is 23.9. The van der Waals surface area contributed by atoms with E-state index in [1.165, 1.54) is 33.0 Å². The van der Waals surface area contributed by atoms with E-state index in [2.05, 4.69) is 129 Å². The molecule has 4 aromatic heterocycles. The van der Waals surface area contributed by atoms with E-state index in [-0.39, 0.29) is 6.71 Å². The summed E-state index contributed by atoms with van der Waals surface area (Å²) in [5.41, 5.74) is 14.2. The molecule has 222 valence electrons. The predicted octanol–water partition coefficient (Wildman–Crippen LogP) is 6.59. The van der Waals surface area contributed by atoms with Gasteiger partial charge in [-0.2, -0.15) is 0 Å². The van der Waals surface area contributed by atoms with E-state index >= 15 is 0 Å². The first kappa shape index (κ1) is 25.6. The summed E-state index contributed by atoms with van der Waals surface area (Å²) in [6.07, 6.45) is 7.20. The van der Waals surface area contributed by atoms with E-state index in [1.807, 2.05) is 18.5 Å². The average molecular weight is 613 g/mol. The van der Waals surface area contributed by atoms with Crippen molar-refractivity contribution in [3.05, 3.63) is 146 Å². The Kier molecular flexibility index (Phi) is 5.07. The van der Waals surface area contributed by atoms with Crippen molar-refractivity contribution in [1.29, 1.82) is 0 Å². The van der Waals surface area contributed by atoms with E-state index in [9.17, 15) is 0 Å². The molecule has 0 fully saturated rings. The Labute approximate surface area is 275 Å². The molecular weight excluding hydrogens is 589 g/mol. The van der Waals surface area contributed by atoms with Crippen molar-refractivity contribution in [3.8, 4) is 22.8 Å². The number of para-hydroxylation sites is 4. The molecule has 0 spiro atoms. The smallest absolute Gasteiger partial charge is 0.252 e. The molecule has 0 N–H and O–H groups in total. The summed E-state index contributed by atoms with van der Waals surface area (Å²) in [5, 5.41) is 2.26. The fourth-order valence-corrected chi connectivity index (χ4v) is 8.12. The second-order valence-electron chi connectivity index (χ2n) is 12.3. The summed E-state index contributed by atoms with van der Waals surface area (Å²) in [6.45, 7) is 0.0228. The largest absolute Gasteiger partial charge is 0.311 e. The SMILES string of the molecule is c1ccc(N2c3ccccc3B3c4c2cc(-c2ncccn2)cc4-n2c4c3cccc4c3c4nccnc4n(-c4ccccc4)c32)cc1. The highest BCUT2D eigenvalue weighted by Crippen LogP contribution is 2.44. The first-order valence-corrected chi connectivity index (χ1v) is 16.1. The van der Waals surface area contributed by atoms with Gasteiger partial charge >= 0.3 is 0 Å². The number of fused-ring (bicyclic) bond motifs is 9. The van der Waals surface area contributed by atoms with Crippen LogP contribution in [0, 0.1) is 0 Å². The summed E-state index contributed by atoms with van der Waals surface area (Å²) in [5.74, 6) is 0.686. The van der Waals surface area contributed by atoms with Crippen LogP contribution in [0.4, 0.5) is 17.1 Å². The lowest BCUT2D eigenvalue weighted by atomic mass is 9.34. The fraction of sp³-hybridized carbons (Fsp3) is 0. The molecule has 8 heteroatoms. The van der Waals surface area contributed by atoms with E-state index in [0.29, 0.717) is 5.82 Å². The van der Waals surface area contributed by atoms with Crippen LogP contribution < -0.4 is 21.3 Å². The third-order valence-corrected chi connectivity index (χ3v) is 9.89. The van der Waals surface area contributed by atoms with Crippen LogP contribution in [0.2, 0.25) is 0 Å². The molecule has 0 aliphatic carbocycles. The van der Waals surface area contributed by atoms with Crippen LogP contribution in [0.3, 0.4) is 0 Å². The highest BCUT2D eigenvalue weighted by molar-refractivity contribution is 7.00. The van der Waals surface area contributed by atoms with Gasteiger partial charge in [0, 0.05) is 64.2 Å². The Balaban J connectivity index is 1.38. The molecule has 0 bridgehead atoms. The maximum atomic E-state index is 4.96. The lowest BCUT2D eigenvalue weighted by Crippen LogP contribution is -2.60. The highest BCUT2D eigenvalue weighted by atomic mass is 15.2. The van der Waals surface area contributed by atoms with Crippen LogP contribution in [-0.2, 0) is 0 Å². The normalized spacial score (nSPS) is 12.9. The van der Waals surface area contributed by atoms with Gasteiger partial charge in [0.1, 0.15) is 11.2 Å². The second kappa shape index (κ2) is 9.50. The number of hydrogen-bond donors (Lipinski definition) is 0. The molecular formula is C40H24BN7. The molecule has 2 aliphatic heterocycles.